The van der Waals surface area contributed by atoms with Crippen molar-refractivity contribution in [2.45, 2.75) is 6.92 Å². The van der Waals surface area contributed by atoms with Crippen molar-refractivity contribution in [3.8, 4) is 0 Å². The van der Waals surface area contributed by atoms with E-state index in [4.69, 9.17) is 5.73 Å². The molecule has 0 bridgehead atoms. The molecular formula is C15H15N5O. The Balaban J connectivity index is 1.89. The van der Waals surface area contributed by atoms with E-state index in [1.54, 1.807) is 35.1 Å². The number of pyridine rings is 1. The molecule has 1 amide bonds. The molecule has 21 heavy (non-hydrogen) atoms. The number of nitrogen functional groups attached to an aromatic ring is 1. The van der Waals surface area contributed by atoms with Crippen LogP contribution in [0.3, 0.4) is 0 Å². The van der Waals surface area contributed by atoms with E-state index in [9.17, 15) is 4.79 Å². The minimum Gasteiger partial charge on any atom is -0.399 e. The molecule has 0 aliphatic carbocycles. The average Bonchev–Trinajstić information content (AvgIpc) is 2.74. The lowest BCUT2D eigenvalue weighted by molar-refractivity contribution is 0.102. The molecule has 106 valence electrons. The number of hydrogen-bond acceptors (Lipinski definition) is 4. The molecule has 6 nitrogen and oxygen atoms in total. The Kier molecular flexibility index (Phi) is 3.06. The molecule has 0 radical (unpaired) electrons. The standard InChI is InChI=1S/C15H15N5O/c1-9-13-7-12(8-17-14(13)20(2)19-9)18-15(21)10-3-5-11(16)6-4-10/h3-8H,16H2,1-2H3,(H,18,21). The maximum Gasteiger partial charge on any atom is 0.255 e. The van der Waals surface area contributed by atoms with Gasteiger partial charge in [-0.05, 0) is 37.3 Å². The Hall–Kier alpha value is -2.89. The minimum atomic E-state index is -0.197. The van der Waals surface area contributed by atoms with E-state index < -0.39 is 0 Å². The summed E-state index contributed by atoms with van der Waals surface area (Å²) in [5.41, 5.74) is 9.09. The van der Waals surface area contributed by atoms with Crippen LogP contribution in [0.25, 0.3) is 11.0 Å². The largest absolute Gasteiger partial charge is 0.399 e. The van der Waals surface area contributed by atoms with Crippen LogP contribution in [0, 0.1) is 6.92 Å². The molecule has 3 rings (SSSR count). The molecule has 0 saturated carbocycles. The van der Waals surface area contributed by atoms with Crippen molar-refractivity contribution >= 4 is 28.3 Å². The molecule has 2 aromatic heterocycles. The van der Waals surface area contributed by atoms with E-state index in [0.29, 0.717) is 16.9 Å². The summed E-state index contributed by atoms with van der Waals surface area (Å²) in [6.45, 7) is 1.91. The second-order valence-electron chi connectivity index (χ2n) is 4.88. The zero-order chi connectivity index (χ0) is 15.0. The summed E-state index contributed by atoms with van der Waals surface area (Å²) in [5.74, 6) is -0.197. The number of benzene rings is 1. The second kappa shape index (κ2) is 4.90. The van der Waals surface area contributed by atoms with Gasteiger partial charge in [0.2, 0.25) is 0 Å². The Morgan fingerprint density at radius 2 is 2.00 bits per heavy atom. The summed E-state index contributed by atoms with van der Waals surface area (Å²) in [5, 5.41) is 8.06. The molecule has 0 atom stereocenters. The summed E-state index contributed by atoms with van der Waals surface area (Å²) < 4.78 is 1.72. The van der Waals surface area contributed by atoms with E-state index in [0.717, 1.165) is 16.7 Å². The first-order valence-electron chi connectivity index (χ1n) is 6.51. The predicted molar refractivity (Wildman–Crippen MR) is 82.1 cm³/mol. The van der Waals surface area contributed by atoms with Crippen LogP contribution in [-0.4, -0.2) is 20.7 Å². The fraction of sp³-hybridized carbons (Fsp3) is 0.133. The Bertz CT molecular complexity index is 820. The minimum absolute atomic E-state index is 0.197. The van der Waals surface area contributed by atoms with Gasteiger partial charge in [0, 0.05) is 23.7 Å². The summed E-state index contributed by atoms with van der Waals surface area (Å²) in [7, 11) is 1.84. The smallest absolute Gasteiger partial charge is 0.255 e. The molecule has 0 aliphatic rings. The van der Waals surface area contributed by atoms with Crippen LogP contribution in [0.2, 0.25) is 0 Å². The van der Waals surface area contributed by atoms with Crippen LogP contribution in [-0.2, 0) is 7.05 Å². The van der Waals surface area contributed by atoms with Gasteiger partial charge in [-0.15, -0.1) is 0 Å². The molecule has 0 fully saturated rings. The third kappa shape index (κ3) is 2.43. The van der Waals surface area contributed by atoms with Crippen LogP contribution >= 0.6 is 0 Å². The molecule has 2 heterocycles. The maximum absolute atomic E-state index is 12.2. The SMILES string of the molecule is Cc1nn(C)c2ncc(NC(=O)c3ccc(N)cc3)cc12. The highest BCUT2D eigenvalue weighted by Crippen LogP contribution is 2.19. The van der Waals surface area contributed by atoms with Gasteiger partial charge in [0.05, 0.1) is 17.6 Å². The molecular weight excluding hydrogens is 266 g/mol. The lowest BCUT2D eigenvalue weighted by atomic mass is 10.2. The topological polar surface area (TPSA) is 85.8 Å². The number of aromatic nitrogens is 3. The van der Waals surface area contributed by atoms with Crippen LogP contribution < -0.4 is 11.1 Å². The Morgan fingerprint density at radius 1 is 1.29 bits per heavy atom. The van der Waals surface area contributed by atoms with Gasteiger partial charge < -0.3 is 11.1 Å². The van der Waals surface area contributed by atoms with E-state index >= 15 is 0 Å². The van der Waals surface area contributed by atoms with E-state index in [2.05, 4.69) is 15.4 Å². The van der Waals surface area contributed by atoms with Crippen LogP contribution in [0.15, 0.2) is 36.5 Å². The van der Waals surface area contributed by atoms with Gasteiger partial charge >= 0.3 is 0 Å². The predicted octanol–water partition coefficient (Wildman–Crippen LogP) is 2.11. The number of carbonyl (C=O) groups excluding carboxylic acids is 1. The van der Waals surface area contributed by atoms with Crippen molar-refractivity contribution in [3.05, 3.63) is 47.8 Å². The Morgan fingerprint density at radius 3 is 2.71 bits per heavy atom. The molecule has 3 aromatic rings. The maximum atomic E-state index is 12.2. The number of fused-ring (bicyclic) bond motifs is 1. The van der Waals surface area contributed by atoms with Gasteiger partial charge in [-0.25, -0.2) is 4.98 Å². The molecule has 0 aliphatic heterocycles. The summed E-state index contributed by atoms with van der Waals surface area (Å²) in [6.07, 6.45) is 1.62. The van der Waals surface area contributed by atoms with Crippen molar-refractivity contribution < 1.29 is 4.79 Å². The highest BCUT2D eigenvalue weighted by atomic mass is 16.1. The number of nitrogens with one attached hydrogen (secondary N) is 1. The number of hydrogen-bond donors (Lipinski definition) is 2. The zero-order valence-electron chi connectivity index (χ0n) is 11.8. The van der Waals surface area contributed by atoms with Crippen LogP contribution in [0.1, 0.15) is 16.1 Å². The highest BCUT2D eigenvalue weighted by Gasteiger charge is 2.10. The first-order valence-corrected chi connectivity index (χ1v) is 6.51. The number of nitrogens with zero attached hydrogens (tertiary/aromatic N) is 3. The van der Waals surface area contributed by atoms with Crippen LogP contribution in [0.4, 0.5) is 11.4 Å². The average molecular weight is 281 g/mol. The molecule has 0 unspecified atom stereocenters. The lowest BCUT2D eigenvalue weighted by Gasteiger charge is -2.05. The Labute approximate surface area is 121 Å². The number of carbonyl (C=O) groups is 1. The summed E-state index contributed by atoms with van der Waals surface area (Å²) >= 11 is 0. The zero-order valence-corrected chi connectivity index (χ0v) is 11.8. The third-order valence-electron chi connectivity index (χ3n) is 3.29. The van der Waals surface area contributed by atoms with Crippen molar-refractivity contribution in [2.75, 3.05) is 11.1 Å². The van der Waals surface area contributed by atoms with Crippen molar-refractivity contribution in [1.82, 2.24) is 14.8 Å². The molecule has 3 N–H and O–H groups in total. The highest BCUT2D eigenvalue weighted by molar-refractivity contribution is 6.05. The van der Waals surface area contributed by atoms with Gasteiger partial charge in [-0.2, -0.15) is 5.10 Å². The number of nitrogens with two attached hydrogens (primary N) is 1. The van der Waals surface area contributed by atoms with E-state index in [-0.39, 0.29) is 5.91 Å². The number of amides is 1. The van der Waals surface area contributed by atoms with Gasteiger partial charge in [0.25, 0.3) is 5.91 Å². The molecule has 0 spiro atoms. The van der Waals surface area contributed by atoms with E-state index in [1.807, 2.05) is 20.0 Å². The first-order chi connectivity index (χ1) is 10.0. The summed E-state index contributed by atoms with van der Waals surface area (Å²) in [4.78, 5) is 16.5. The number of anilines is 2. The van der Waals surface area contributed by atoms with Gasteiger partial charge in [0.15, 0.2) is 5.65 Å². The number of aryl methyl sites for hydroxylation is 2. The van der Waals surface area contributed by atoms with E-state index in [1.165, 1.54) is 0 Å². The third-order valence-corrected chi connectivity index (χ3v) is 3.29. The van der Waals surface area contributed by atoms with Gasteiger partial charge in [0.1, 0.15) is 0 Å². The second-order valence-corrected chi connectivity index (χ2v) is 4.88. The molecule has 0 saturated heterocycles. The van der Waals surface area contributed by atoms with Gasteiger partial charge in [-0.1, -0.05) is 0 Å². The lowest BCUT2D eigenvalue weighted by Crippen LogP contribution is -2.12. The van der Waals surface area contributed by atoms with Gasteiger partial charge in [-0.3, -0.25) is 9.48 Å². The molecule has 6 heteroatoms. The summed E-state index contributed by atoms with van der Waals surface area (Å²) in [6, 6.07) is 8.64. The quantitative estimate of drug-likeness (QED) is 0.704. The van der Waals surface area contributed by atoms with Crippen LogP contribution in [0.5, 0.6) is 0 Å². The van der Waals surface area contributed by atoms with Crippen molar-refractivity contribution in [3.63, 3.8) is 0 Å². The molecule has 1 aromatic carbocycles. The van der Waals surface area contributed by atoms with Crippen molar-refractivity contribution in [2.24, 2.45) is 7.05 Å². The van der Waals surface area contributed by atoms with Crippen molar-refractivity contribution in [1.29, 1.82) is 0 Å². The normalized spacial score (nSPS) is 10.8. The fourth-order valence-electron chi connectivity index (χ4n) is 2.21. The first kappa shape index (κ1) is 13.1. The number of rotatable bonds is 2. The monoisotopic (exact) mass is 281 g/mol. The fourth-order valence-corrected chi connectivity index (χ4v) is 2.21.